The van der Waals surface area contributed by atoms with Crippen LogP contribution in [0.5, 0.6) is 0 Å². The molecule has 136 valence electrons. The first-order valence-corrected chi connectivity index (χ1v) is 9.45. The monoisotopic (exact) mass is 361 g/mol. The van der Waals surface area contributed by atoms with Crippen molar-refractivity contribution in [2.45, 2.75) is 46.1 Å². The first kappa shape index (κ1) is 18.0. The first-order chi connectivity index (χ1) is 12.0. The highest BCUT2D eigenvalue weighted by Crippen LogP contribution is 2.33. The van der Waals surface area contributed by atoms with Gasteiger partial charge >= 0.3 is 6.09 Å². The largest absolute Gasteiger partial charge is 0.442 e. The van der Waals surface area contributed by atoms with Crippen molar-refractivity contribution in [1.29, 1.82) is 0 Å². The lowest BCUT2D eigenvalue weighted by atomic mass is 10.0. The molecule has 2 fully saturated rings. The number of rotatable bonds is 4. The van der Waals surface area contributed by atoms with Crippen LogP contribution >= 0.6 is 12.2 Å². The van der Waals surface area contributed by atoms with Gasteiger partial charge in [-0.1, -0.05) is 12.2 Å². The molecule has 2 aliphatic rings. The lowest BCUT2D eigenvalue weighted by Gasteiger charge is -2.32. The Labute approximate surface area is 155 Å². The molecular weight excluding hydrogens is 334 g/mol. The summed E-state index contributed by atoms with van der Waals surface area (Å²) in [5.74, 6) is 0. The van der Waals surface area contributed by atoms with Gasteiger partial charge in [-0.05, 0) is 63.3 Å². The molecule has 1 aromatic rings. The Morgan fingerprint density at radius 3 is 2.48 bits per heavy atom. The van der Waals surface area contributed by atoms with Gasteiger partial charge in [-0.2, -0.15) is 0 Å². The van der Waals surface area contributed by atoms with Gasteiger partial charge in [-0.15, -0.1) is 0 Å². The third kappa shape index (κ3) is 4.06. The summed E-state index contributed by atoms with van der Waals surface area (Å²) >= 11 is 5.02. The molecule has 3 rings (SSSR count). The van der Waals surface area contributed by atoms with Gasteiger partial charge in [0.05, 0.1) is 18.1 Å². The van der Waals surface area contributed by atoms with E-state index >= 15 is 0 Å². The van der Waals surface area contributed by atoms with E-state index in [1.807, 2.05) is 6.92 Å². The van der Waals surface area contributed by atoms with E-state index in [0.717, 1.165) is 18.8 Å². The van der Waals surface area contributed by atoms with Gasteiger partial charge in [0.15, 0.2) is 0 Å². The molecule has 25 heavy (non-hydrogen) atoms. The molecule has 1 atom stereocenters. The van der Waals surface area contributed by atoms with Crippen molar-refractivity contribution in [3.63, 3.8) is 0 Å². The van der Waals surface area contributed by atoms with Crippen LogP contribution in [0.3, 0.4) is 0 Å². The molecule has 1 N–H and O–H groups in total. The van der Waals surface area contributed by atoms with Crippen LogP contribution in [0.1, 0.15) is 37.3 Å². The average molecular weight is 362 g/mol. The highest BCUT2D eigenvalue weighted by Gasteiger charge is 2.32. The second kappa shape index (κ2) is 7.60. The summed E-state index contributed by atoms with van der Waals surface area (Å²) in [6, 6.07) is 4.22. The zero-order chi connectivity index (χ0) is 18.0. The van der Waals surface area contributed by atoms with Gasteiger partial charge in [0.25, 0.3) is 0 Å². The van der Waals surface area contributed by atoms with Crippen LogP contribution < -0.4 is 15.1 Å². The average Bonchev–Trinajstić information content (AvgIpc) is 2.94. The molecule has 0 aromatic heterocycles. The van der Waals surface area contributed by atoms with E-state index in [1.165, 1.54) is 36.1 Å². The Balaban J connectivity index is 1.76. The number of hydrogen-bond donors (Lipinski definition) is 1. The molecule has 0 radical (unpaired) electrons. The lowest BCUT2D eigenvalue weighted by molar-refractivity contribution is 0.143. The van der Waals surface area contributed by atoms with Crippen LogP contribution in [-0.2, 0) is 4.74 Å². The van der Waals surface area contributed by atoms with E-state index in [2.05, 4.69) is 36.2 Å². The molecule has 5 nitrogen and oxygen atoms in total. The molecule has 2 heterocycles. The molecule has 0 aliphatic carbocycles. The summed E-state index contributed by atoms with van der Waals surface area (Å²) in [7, 11) is 0. The summed E-state index contributed by atoms with van der Waals surface area (Å²) in [4.78, 5) is 17.2. The van der Waals surface area contributed by atoms with Gasteiger partial charge in [0, 0.05) is 24.5 Å². The number of carbonyl (C=O) groups excluding carboxylic acids is 1. The highest BCUT2D eigenvalue weighted by molar-refractivity contribution is 7.80. The summed E-state index contributed by atoms with van der Waals surface area (Å²) in [5, 5.41) is 3.08. The van der Waals surface area contributed by atoms with E-state index in [1.54, 1.807) is 4.90 Å². The number of ether oxygens (including phenoxy) is 1. The Morgan fingerprint density at radius 1 is 1.24 bits per heavy atom. The van der Waals surface area contributed by atoms with Crippen molar-refractivity contribution < 1.29 is 9.53 Å². The van der Waals surface area contributed by atoms with Crippen LogP contribution in [0.2, 0.25) is 0 Å². The SMILES string of the molecule is CC(=S)NC[C@H]1CN(c2cc(C)c(N3CCCCC3)c(C)c2)C(=O)O1. The predicted octanol–water partition coefficient (Wildman–Crippen LogP) is 3.56. The minimum Gasteiger partial charge on any atom is -0.442 e. The maximum Gasteiger partial charge on any atom is 0.414 e. The zero-order valence-electron chi connectivity index (χ0n) is 15.3. The molecule has 1 aromatic carbocycles. The van der Waals surface area contributed by atoms with Gasteiger partial charge in [0.1, 0.15) is 6.10 Å². The fourth-order valence-corrected chi connectivity index (χ4v) is 3.88. The number of cyclic esters (lactones) is 1. The number of benzene rings is 1. The molecule has 0 bridgehead atoms. The van der Waals surface area contributed by atoms with Gasteiger partial charge in [-0.25, -0.2) is 4.79 Å². The minimum atomic E-state index is -0.279. The lowest BCUT2D eigenvalue weighted by Crippen LogP contribution is -2.33. The summed E-state index contributed by atoms with van der Waals surface area (Å²) in [6.45, 7) is 9.45. The maximum atomic E-state index is 12.3. The molecule has 2 saturated heterocycles. The normalized spacial score (nSPS) is 20.6. The predicted molar refractivity (Wildman–Crippen MR) is 106 cm³/mol. The van der Waals surface area contributed by atoms with Gasteiger partial charge in [0.2, 0.25) is 0 Å². The number of aryl methyl sites for hydroxylation is 2. The van der Waals surface area contributed by atoms with E-state index < -0.39 is 0 Å². The quantitative estimate of drug-likeness (QED) is 0.831. The first-order valence-electron chi connectivity index (χ1n) is 9.04. The highest BCUT2D eigenvalue weighted by atomic mass is 32.1. The molecule has 6 heteroatoms. The van der Waals surface area contributed by atoms with Crippen molar-refractivity contribution in [3.8, 4) is 0 Å². The smallest absolute Gasteiger partial charge is 0.414 e. The molecule has 2 aliphatic heterocycles. The van der Waals surface area contributed by atoms with Crippen molar-refractivity contribution in [2.24, 2.45) is 0 Å². The van der Waals surface area contributed by atoms with E-state index in [0.29, 0.717) is 18.1 Å². The van der Waals surface area contributed by atoms with E-state index in [9.17, 15) is 4.79 Å². The van der Waals surface area contributed by atoms with Crippen LogP contribution in [0.25, 0.3) is 0 Å². The molecule has 1 amide bonds. The Kier molecular flexibility index (Phi) is 5.47. The van der Waals surface area contributed by atoms with Gasteiger partial charge in [-0.3, -0.25) is 4.90 Å². The van der Waals surface area contributed by atoms with Crippen molar-refractivity contribution >= 4 is 34.7 Å². The minimum absolute atomic E-state index is 0.173. The Morgan fingerprint density at radius 2 is 1.88 bits per heavy atom. The molecule has 0 spiro atoms. The zero-order valence-corrected chi connectivity index (χ0v) is 16.1. The maximum absolute atomic E-state index is 12.3. The second-order valence-electron chi connectivity index (χ2n) is 7.03. The summed E-state index contributed by atoms with van der Waals surface area (Å²) in [5.41, 5.74) is 4.69. The standard InChI is InChI=1S/C19H27N3O2S/c1-13-9-16(10-14(2)18(13)21-7-5-4-6-8-21)22-12-17(24-19(22)23)11-20-15(3)25/h9-10,17H,4-8,11-12H2,1-3H3,(H,20,25)/t17-/m0/s1. The number of thiocarbonyl (C=S) groups is 1. The van der Waals surface area contributed by atoms with Crippen LogP contribution in [-0.4, -0.2) is 43.4 Å². The Bertz CT molecular complexity index is 648. The summed E-state index contributed by atoms with van der Waals surface area (Å²) < 4.78 is 5.46. The van der Waals surface area contributed by atoms with Crippen LogP contribution in [0.4, 0.5) is 16.2 Å². The number of piperidine rings is 1. The Hall–Kier alpha value is -1.82. The second-order valence-corrected chi connectivity index (χ2v) is 7.64. The third-order valence-electron chi connectivity index (χ3n) is 4.91. The number of nitrogens with zero attached hydrogens (tertiary/aromatic N) is 2. The topological polar surface area (TPSA) is 44.8 Å². The van der Waals surface area contributed by atoms with E-state index in [4.69, 9.17) is 17.0 Å². The fraction of sp³-hybridized carbons (Fsp3) is 0.579. The van der Waals surface area contributed by atoms with Crippen LogP contribution in [0.15, 0.2) is 12.1 Å². The molecule has 0 saturated carbocycles. The molecular formula is C19H27N3O2S. The number of nitrogens with one attached hydrogen (secondary N) is 1. The fourth-order valence-electron chi connectivity index (χ4n) is 3.80. The number of amides is 1. The van der Waals surface area contributed by atoms with E-state index in [-0.39, 0.29) is 12.2 Å². The summed E-state index contributed by atoms with van der Waals surface area (Å²) in [6.07, 6.45) is 3.38. The van der Waals surface area contributed by atoms with Crippen molar-refractivity contribution in [1.82, 2.24) is 5.32 Å². The number of anilines is 2. The van der Waals surface area contributed by atoms with Crippen molar-refractivity contribution in [3.05, 3.63) is 23.3 Å². The third-order valence-corrected chi connectivity index (χ3v) is 5.06. The van der Waals surface area contributed by atoms with Crippen molar-refractivity contribution in [2.75, 3.05) is 36.0 Å². The number of carbonyl (C=O) groups is 1. The van der Waals surface area contributed by atoms with Crippen LogP contribution in [0, 0.1) is 13.8 Å². The molecule has 0 unspecified atom stereocenters. The number of hydrogen-bond acceptors (Lipinski definition) is 4. The van der Waals surface area contributed by atoms with Gasteiger partial charge < -0.3 is 15.0 Å².